The van der Waals surface area contributed by atoms with E-state index in [0.717, 1.165) is 0 Å². The predicted octanol–water partition coefficient (Wildman–Crippen LogP) is 1.22. The minimum atomic E-state index is -0.523. The number of ether oxygens (including phenoxy) is 1. The Labute approximate surface area is 70.4 Å². The van der Waals surface area contributed by atoms with Crippen LogP contribution in [0.25, 0.3) is 0 Å². The number of hydrogen-bond acceptors (Lipinski definition) is 3. The molecule has 0 aliphatic carbocycles. The fraction of sp³-hybridized carbons (Fsp3) is 0.111. The number of carbonyl (C=O) groups excluding carboxylic acids is 1. The van der Waals surface area contributed by atoms with Gasteiger partial charge in [-0.25, -0.2) is 9.78 Å². The van der Waals surface area contributed by atoms with Crippen LogP contribution in [0.3, 0.4) is 0 Å². The Morgan fingerprint density at radius 3 is 3.00 bits per heavy atom. The van der Waals surface area contributed by atoms with Crippen LogP contribution in [-0.2, 0) is 4.74 Å². The van der Waals surface area contributed by atoms with Gasteiger partial charge in [0.05, 0.1) is 0 Å². The number of esters is 1. The highest BCUT2D eigenvalue weighted by Crippen LogP contribution is 1.95. The van der Waals surface area contributed by atoms with Crippen molar-refractivity contribution in [3.8, 4) is 12.0 Å². The summed E-state index contributed by atoms with van der Waals surface area (Å²) in [6.07, 6.45) is 3.73. The van der Waals surface area contributed by atoms with Crippen molar-refractivity contribution in [2.75, 3.05) is 0 Å². The first kappa shape index (κ1) is 8.28. The van der Waals surface area contributed by atoms with Crippen molar-refractivity contribution >= 4 is 5.97 Å². The van der Waals surface area contributed by atoms with E-state index >= 15 is 0 Å². The van der Waals surface area contributed by atoms with Crippen molar-refractivity contribution in [3.63, 3.8) is 0 Å². The maximum Gasteiger partial charge on any atom is 0.370 e. The van der Waals surface area contributed by atoms with E-state index in [1.54, 1.807) is 25.1 Å². The van der Waals surface area contributed by atoms with E-state index in [1.807, 2.05) is 0 Å². The topological polar surface area (TPSA) is 39.2 Å². The van der Waals surface area contributed by atoms with Crippen molar-refractivity contribution < 1.29 is 9.53 Å². The third-order valence-electron chi connectivity index (χ3n) is 1.12. The standard InChI is InChI=1S/C9H7NO2/c1-2-7-12-9(11)8-5-3-4-6-10-8/h3-6H,1H3. The first-order valence-corrected chi connectivity index (χ1v) is 3.38. The third-order valence-corrected chi connectivity index (χ3v) is 1.12. The van der Waals surface area contributed by atoms with Gasteiger partial charge in [-0.2, -0.15) is 0 Å². The molecule has 1 aromatic rings. The molecule has 0 fully saturated rings. The van der Waals surface area contributed by atoms with Gasteiger partial charge in [0.2, 0.25) is 0 Å². The summed E-state index contributed by atoms with van der Waals surface area (Å²) in [7, 11) is 0. The van der Waals surface area contributed by atoms with E-state index < -0.39 is 5.97 Å². The molecule has 0 N–H and O–H groups in total. The highest BCUT2D eigenvalue weighted by molar-refractivity contribution is 5.87. The monoisotopic (exact) mass is 161 g/mol. The molecule has 1 aromatic heterocycles. The van der Waals surface area contributed by atoms with Crippen LogP contribution in [0, 0.1) is 12.0 Å². The van der Waals surface area contributed by atoms with Crippen molar-refractivity contribution in [2.45, 2.75) is 6.92 Å². The second-order valence-corrected chi connectivity index (χ2v) is 1.96. The molecule has 0 amide bonds. The fourth-order valence-corrected chi connectivity index (χ4v) is 0.633. The minimum absolute atomic E-state index is 0.264. The van der Waals surface area contributed by atoms with E-state index in [0.29, 0.717) is 0 Å². The summed E-state index contributed by atoms with van der Waals surface area (Å²) in [4.78, 5) is 14.8. The van der Waals surface area contributed by atoms with Gasteiger partial charge in [0, 0.05) is 13.1 Å². The Bertz CT molecular complexity index is 321. The summed E-state index contributed by atoms with van der Waals surface area (Å²) in [5.41, 5.74) is 0.264. The second kappa shape index (κ2) is 4.14. The molecule has 0 aromatic carbocycles. The number of hydrogen-bond donors (Lipinski definition) is 0. The van der Waals surface area contributed by atoms with Gasteiger partial charge in [0.25, 0.3) is 0 Å². The molecule has 3 nitrogen and oxygen atoms in total. The average Bonchev–Trinajstić information content (AvgIpc) is 2.15. The van der Waals surface area contributed by atoms with Crippen molar-refractivity contribution in [3.05, 3.63) is 30.1 Å². The van der Waals surface area contributed by atoms with Crippen molar-refractivity contribution in [1.82, 2.24) is 4.98 Å². The first-order valence-electron chi connectivity index (χ1n) is 3.38. The lowest BCUT2D eigenvalue weighted by Gasteiger charge is -1.93. The average molecular weight is 161 g/mol. The van der Waals surface area contributed by atoms with Gasteiger partial charge >= 0.3 is 5.97 Å². The van der Waals surface area contributed by atoms with Crippen LogP contribution in [0.1, 0.15) is 17.4 Å². The Morgan fingerprint density at radius 1 is 1.58 bits per heavy atom. The van der Waals surface area contributed by atoms with Gasteiger partial charge in [-0.3, -0.25) is 0 Å². The van der Waals surface area contributed by atoms with Gasteiger partial charge in [-0.15, -0.1) is 0 Å². The lowest BCUT2D eigenvalue weighted by atomic mass is 10.4. The summed E-state index contributed by atoms with van der Waals surface area (Å²) in [5.74, 6) is 1.92. The minimum Gasteiger partial charge on any atom is -0.367 e. The first-order chi connectivity index (χ1) is 5.84. The molecule has 0 bridgehead atoms. The number of rotatable bonds is 1. The Morgan fingerprint density at radius 2 is 2.42 bits per heavy atom. The van der Waals surface area contributed by atoms with Crippen LogP contribution in [0.2, 0.25) is 0 Å². The lowest BCUT2D eigenvalue weighted by molar-refractivity contribution is 0.0684. The third kappa shape index (κ3) is 2.10. The Hall–Kier alpha value is -1.82. The molecule has 0 aliphatic heterocycles. The molecule has 1 heterocycles. The maximum absolute atomic E-state index is 11.0. The van der Waals surface area contributed by atoms with E-state index in [4.69, 9.17) is 0 Å². The quantitative estimate of drug-likeness (QED) is 0.459. The number of pyridine rings is 1. The van der Waals surface area contributed by atoms with Crippen molar-refractivity contribution in [2.24, 2.45) is 0 Å². The van der Waals surface area contributed by atoms with E-state index in [1.165, 1.54) is 6.20 Å². The zero-order valence-electron chi connectivity index (χ0n) is 6.57. The summed E-state index contributed by atoms with van der Waals surface area (Å²) in [6.45, 7) is 1.59. The summed E-state index contributed by atoms with van der Waals surface area (Å²) in [5, 5.41) is 0. The molecule has 0 atom stereocenters. The van der Waals surface area contributed by atoms with Crippen LogP contribution >= 0.6 is 0 Å². The van der Waals surface area contributed by atoms with Gasteiger partial charge in [-0.1, -0.05) is 12.0 Å². The Balaban J connectivity index is 2.70. The summed E-state index contributed by atoms with van der Waals surface area (Å²) < 4.78 is 4.51. The number of aromatic nitrogens is 1. The molecule has 12 heavy (non-hydrogen) atoms. The molecule has 1 rings (SSSR count). The molecule has 0 aliphatic rings. The van der Waals surface area contributed by atoms with Gasteiger partial charge in [0.1, 0.15) is 11.8 Å². The largest absolute Gasteiger partial charge is 0.370 e. The van der Waals surface area contributed by atoms with Crippen LogP contribution in [0.4, 0.5) is 0 Å². The molecule has 0 saturated carbocycles. The maximum atomic E-state index is 11.0. The summed E-state index contributed by atoms with van der Waals surface area (Å²) in [6, 6.07) is 5.00. The SMILES string of the molecule is CC#COC(=O)c1ccccn1. The zero-order valence-corrected chi connectivity index (χ0v) is 6.57. The smallest absolute Gasteiger partial charge is 0.367 e. The van der Waals surface area contributed by atoms with Gasteiger partial charge < -0.3 is 4.74 Å². The molecule has 0 radical (unpaired) electrons. The fourth-order valence-electron chi connectivity index (χ4n) is 0.633. The highest BCUT2D eigenvalue weighted by Gasteiger charge is 2.05. The molecular formula is C9H7NO2. The number of carbonyl (C=O) groups is 1. The normalized spacial score (nSPS) is 8.08. The lowest BCUT2D eigenvalue weighted by Crippen LogP contribution is -2.02. The highest BCUT2D eigenvalue weighted by atomic mass is 16.5. The van der Waals surface area contributed by atoms with E-state index in [9.17, 15) is 4.79 Å². The van der Waals surface area contributed by atoms with Crippen LogP contribution < -0.4 is 0 Å². The molecular weight excluding hydrogens is 154 g/mol. The molecule has 0 spiro atoms. The zero-order chi connectivity index (χ0) is 8.81. The van der Waals surface area contributed by atoms with Crippen LogP contribution in [0.15, 0.2) is 24.4 Å². The van der Waals surface area contributed by atoms with Gasteiger partial charge in [0.15, 0.2) is 0 Å². The Kier molecular flexibility index (Phi) is 2.86. The van der Waals surface area contributed by atoms with E-state index in [2.05, 4.69) is 21.7 Å². The predicted molar refractivity (Wildman–Crippen MR) is 43.1 cm³/mol. The van der Waals surface area contributed by atoms with E-state index in [-0.39, 0.29) is 5.69 Å². The van der Waals surface area contributed by atoms with Crippen LogP contribution in [-0.4, -0.2) is 11.0 Å². The van der Waals surface area contributed by atoms with Crippen LogP contribution in [0.5, 0.6) is 0 Å². The number of nitrogens with zero attached hydrogens (tertiary/aromatic N) is 1. The molecule has 0 unspecified atom stereocenters. The molecule has 3 heteroatoms. The molecule has 0 saturated heterocycles. The molecule has 60 valence electrons. The van der Waals surface area contributed by atoms with Crippen molar-refractivity contribution in [1.29, 1.82) is 0 Å². The second-order valence-electron chi connectivity index (χ2n) is 1.96. The van der Waals surface area contributed by atoms with Gasteiger partial charge in [-0.05, 0) is 12.1 Å². The summed E-state index contributed by atoms with van der Waals surface area (Å²) >= 11 is 0.